The van der Waals surface area contributed by atoms with E-state index in [0.29, 0.717) is 18.7 Å². The smallest absolute Gasteiger partial charge is 0.253 e. The molecule has 1 heterocycles. The lowest BCUT2D eigenvalue weighted by atomic mass is 9.96. The Morgan fingerprint density at radius 3 is 2.68 bits per heavy atom. The van der Waals surface area contributed by atoms with Crippen molar-refractivity contribution in [1.29, 1.82) is 5.26 Å². The van der Waals surface area contributed by atoms with Gasteiger partial charge in [0, 0.05) is 23.1 Å². The van der Waals surface area contributed by atoms with Gasteiger partial charge in [-0.05, 0) is 37.3 Å². The molecule has 0 aromatic heterocycles. The largest absolute Gasteiger partial charge is 0.338 e. The first-order valence-corrected chi connectivity index (χ1v) is 8.13. The average Bonchev–Trinajstić information content (AvgIpc) is 2.46. The zero-order chi connectivity index (χ0) is 13.9. The van der Waals surface area contributed by atoms with E-state index in [1.165, 1.54) is 0 Å². The summed E-state index contributed by atoms with van der Waals surface area (Å²) in [5, 5.41) is 9.24. The minimum Gasteiger partial charge on any atom is -0.338 e. The molecule has 1 saturated heterocycles. The van der Waals surface area contributed by atoms with Crippen LogP contribution < -0.4 is 0 Å². The second-order valence-corrected chi connectivity index (χ2v) is 6.72. The van der Waals surface area contributed by atoms with E-state index < -0.39 is 0 Å². The maximum atomic E-state index is 12.4. The summed E-state index contributed by atoms with van der Waals surface area (Å²) in [5.41, 5.74) is 0.697. The monoisotopic (exact) mass is 338 g/mol. The Bertz CT molecular complexity index is 518. The fourth-order valence-electron chi connectivity index (χ4n) is 2.24. The molecule has 1 aromatic carbocycles. The summed E-state index contributed by atoms with van der Waals surface area (Å²) < 4.78 is 0.597. The number of rotatable bonds is 2. The van der Waals surface area contributed by atoms with E-state index in [-0.39, 0.29) is 10.7 Å². The van der Waals surface area contributed by atoms with Crippen LogP contribution in [0.4, 0.5) is 0 Å². The number of nitriles is 1. The molecule has 2 rings (SSSR count). The fraction of sp³-hybridized carbons (Fsp3) is 0.429. The molecule has 1 aliphatic rings. The van der Waals surface area contributed by atoms with Gasteiger partial charge in [0.25, 0.3) is 5.91 Å². The molecule has 3 nitrogen and oxygen atoms in total. The van der Waals surface area contributed by atoms with E-state index in [9.17, 15) is 10.1 Å². The van der Waals surface area contributed by atoms with E-state index in [1.54, 1.807) is 11.8 Å². The Kier molecular flexibility index (Phi) is 4.54. The highest BCUT2D eigenvalue weighted by molar-refractivity contribution is 9.10. The summed E-state index contributed by atoms with van der Waals surface area (Å²) in [6.07, 6.45) is 3.45. The molecule has 0 saturated carbocycles. The van der Waals surface area contributed by atoms with E-state index in [1.807, 2.05) is 35.4 Å². The number of hydrogen-bond acceptors (Lipinski definition) is 3. The molecule has 19 heavy (non-hydrogen) atoms. The minimum atomic E-state index is -0.311. The lowest BCUT2D eigenvalue weighted by Gasteiger charge is -2.36. The second-order valence-electron chi connectivity index (χ2n) is 4.61. The molecule has 0 radical (unpaired) electrons. The summed E-state index contributed by atoms with van der Waals surface area (Å²) >= 11 is 4.98. The SMILES string of the molecule is CSC1(C#N)CCN(C(=O)c2cccc(Br)c2)CC1. The van der Waals surface area contributed by atoms with Gasteiger partial charge in [-0.1, -0.05) is 22.0 Å². The number of halogens is 1. The second kappa shape index (κ2) is 5.98. The van der Waals surface area contributed by atoms with E-state index in [4.69, 9.17) is 0 Å². The van der Waals surface area contributed by atoms with Crippen LogP contribution in [-0.4, -0.2) is 34.9 Å². The van der Waals surface area contributed by atoms with Crippen LogP contribution >= 0.6 is 27.7 Å². The normalized spacial score (nSPS) is 17.8. The Morgan fingerprint density at radius 1 is 1.47 bits per heavy atom. The van der Waals surface area contributed by atoms with Crippen molar-refractivity contribution in [3.05, 3.63) is 34.3 Å². The zero-order valence-electron chi connectivity index (χ0n) is 10.7. The van der Waals surface area contributed by atoms with Gasteiger partial charge in [0.2, 0.25) is 0 Å². The average molecular weight is 339 g/mol. The summed E-state index contributed by atoms with van der Waals surface area (Å²) in [7, 11) is 0. The molecule has 0 atom stereocenters. The predicted octanol–water partition coefficient (Wildman–Crippen LogP) is 3.31. The van der Waals surface area contributed by atoms with E-state index in [0.717, 1.165) is 17.3 Å². The van der Waals surface area contributed by atoms with Crippen LogP contribution in [0.2, 0.25) is 0 Å². The van der Waals surface area contributed by atoms with Crippen molar-refractivity contribution in [2.45, 2.75) is 17.6 Å². The van der Waals surface area contributed by atoms with Gasteiger partial charge < -0.3 is 4.90 Å². The highest BCUT2D eigenvalue weighted by atomic mass is 79.9. The number of benzene rings is 1. The topological polar surface area (TPSA) is 44.1 Å². The third-order valence-electron chi connectivity index (χ3n) is 3.52. The van der Waals surface area contributed by atoms with Gasteiger partial charge in [0.05, 0.1) is 6.07 Å². The Labute approximate surface area is 126 Å². The van der Waals surface area contributed by atoms with Crippen molar-refractivity contribution in [3.8, 4) is 6.07 Å². The summed E-state index contributed by atoms with van der Waals surface area (Å²) in [6, 6.07) is 9.82. The number of hydrogen-bond donors (Lipinski definition) is 0. The first kappa shape index (κ1) is 14.4. The van der Waals surface area contributed by atoms with Crippen molar-refractivity contribution in [3.63, 3.8) is 0 Å². The van der Waals surface area contributed by atoms with Crippen LogP contribution in [0.15, 0.2) is 28.7 Å². The Morgan fingerprint density at radius 2 is 2.16 bits per heavy atom. The van der Waals surface area contributed by atoms with Crippen LogP contribution in [0, 0.1) is 11.3 Å². The summed E-state index contributed by atoms with van der Waals surface area (Å²) in [6.45, 7) is 1.31. The van der Waals surface area contributed by atoms with Crippen LogP contribution in [0.1, 0.15) is 23.2 Å². The van der Waals surface area contributed by atoms with Gasteiger partial charge in [0.1, 0.15) is 4.75 Å². The first-order chi connectivity index (χ1) is 9.10. The Hall–Kier alpha value is -0.990. The standard InChI is InChI=1S/C14H15BrN2OS/c1-19-14(10-16)5-7-17(8-6-14)13(18)11-3-2-4-12(15)9-11/h2-4,9H,5-8H2,1H3. The van der Waals surface area contributed by atoms with E-state index >= 15 is 0 Å². The third-order valence-corrected chi connectivity index (χ3v) is 5.30. The number of carbonyl (C=O) groups is 1. The number of carbonyl (C=O) groups excluding carboxylic acids is 1. The molecular weight excluding hydrogens is 324 g/mol. The third kappa shape index (κ3) is 3.13. The Balaban J connectivity index is 2.06. The molecule has 1 fully saturated rings. The van der Waals surface area contributed by atoms with Crippen LogP contribution in [0.3, 0.4) is 0 Å². The van der Waals surface area contributed by atoms with Crippen LogP contribution in [0.5, 0.6) is 0 Å². The molecule has 1 aromatic rings. The van der Waals surface area contributed by atoms with Gasteiger partial charge >= 0.3 is 0 Å². The predicted molar refractivity (Wildman–Crippen MR) is 81.1 cm³/mol. The minimum absolute atomic E-state index is 0.0499. The van der Waals surface area contributed by atoms with Gasteiger partial charge in [-0.3, -0.25) is 4.79 Å². The molecule has 0 aliphatic carbocycles. The van der Waals surface area contributed by atoms with Crippen molar-refractivity contribution < 1.29 is 4.79 Å². The molecule has 1 aliphatic heterocycles. The molecule has 5 heteroatoms. The number of thioether (sulfide) groups is 1. The highest BCUT2D eigenvalue weighted by Crippen LogP contribution is 2.34. The maximum absolute atomic E-state index is 12.4. The quantitative estimate of drug-likeness (QED) is 0.830. The molecule has 1 amide bonds. The lowest BCUT2D eigenvalue weighted by molar-refractivity contribution is 0.0716. The maximum Gasteiger partial charge on any atom is 0.253 e. The summed E-state index contributed by atoms with van der Waals surface area (Å²) in [4.78, 5) is 14.2. The van der Waals surface area contributed by atoms with Crippen LogP contribution in [0.25, 0.3) is 0 Å². The molecule has 0 spiro atoms. The van der Waals surface area contributed by atoms with Crippen LogP contribution in [-0.2, 0) is 0 Å². The van der Waals surface area contributed by atoms with Crippen molar-refractivity contribution in [2.75, 3.05) is 19.3 Å². The van der Waals surface area contributed by atoms with Gasteiger partial charge in [-0.25, -0.2) is 0 Å². The molecule has 0 unspecified atom stereocenters. The number of likely N-dealkylation sites (tertiary alicyclic amines) is 1. The molecule has 0 bridgehead atoms. The molecule has 0 N–H and O–H groups in total. The van der Waals surface area contributed by atoms with Crippen molar-refractivity contribution >= 4 is 33.6 Å². The number of piperidine rings is 1. The van der Waals surface area contributed by atoms with Crippen molar-refractivity contribution in [1.82, 2.24) is 4.90 Å². The van der Waals surface area contributed by atoms with E-state index in [2.05, 4.69) is 22.0 Å². The number of nitrogens with zero attached hydrogens (tertiary/aromatic N) is 2. The van der Waals surface area contributed by atoms with Crippen molar-refractivity contribution in [2.24, 2.45) is 0 Å². The number of amides is 1. The highest BCUT2D eigenvalue weighted by Gasteiger charge is 2.35. The lowest BCUT2D eigenvalue weighted by Crippen LogP contribution is -2.44. The summed E-state index contributed by atoms with van der Waals surface area (Å²) in [5.74, 6) is 0.0499. The van der Waals surface area contributed by atoms with Gasteiger partial charge in [-0.2, -0.15) is 5.26 Å². The van der Waals surface area contributed by atoms with Gasteiger partial charge in [-0.15, -0.1) is 11.8 Å². The fourth-order valence-corrected chi connectivity index (χ4v) is 3.32. The molecule has 100 valence electrons. The first-order valence-electron chi connectivity index (χ1n) is 6.11. The van der Waals surface area contributed by atoms with Gasteiger partial charge in [0.15, 0.2) is 0 Å². The molecular formula is C14H15BrN2OS. The zero-order valence-corrected chi connectivity index (χ0v) is 13.1.